The van der Waals surface area contributed by atoms with Gasteiger partial charge in [-0.15, -0.1) is 0 Å². The fourth-order valence-corrected chi connectivity index (χ4v) is 7.92. The smallest absolute Gasteiger partial charge is 0.407 e. The maximum Gasteiger partial charge on any atom is 0.407 e. The molecule has 2 fully saturated rings. The first-order valence-corrected chi connectivity index (χ1v) is 19.6. The van der Waals surface area contributed by atoms with E-state index in [0.29, 0.717) is 37.0 Å². The second-order valence-corrected chi connectivity index (χ2v) is 15.6. The second-order valence-electron chi connectivity index (χ2n) is 15.6. The lowest BCUT2D eigenvalue weighted by Gasteiger charge is -2.29. The molecule has 4 amide bonds. The highest BCUT2D eigenvalue weighted by Gasteiger charge is 2.38. The maximum absolute atomic E-state index is 13.7. The van der Waals surface area contributed by atoms with Crippen molar-refractivity contribution in [1.29, 1.82) is 0 Å². The molecule has 2 unspecified atom stereocenters. The molecule has 4 N–H and O–H groups in total. The van der Waals surface area contributed by atoms with Crippen molar-refractivity contribution in [2.45, 2.75) is 84.0 Å². The van der Waals surface area contributed by atoms with E-state index < -0.39 is 24.3 Å². The van der Waals surface area contributed by atoms with Crippen LogP contribution in [0, 0.1) is 11.8 Å². The van der Waals surface area contributed by atoms with Crippen LogP contribution in [0.2, 0.25) is 0 Å². The summed E-state index contributed by atoms with van der Waals surface area (Å²) in [4.78, 5) is 81.0. The highest BCUT2D eigenvalue weighted by atomic mass is 16.5. The predicted molar refractivity (Wildman–Crippen MR) is 213 cm³/mol. The number of hydrogen-bond acceptors (Lipinski definition) is 10. The van der Waals surface area contributed by atoms with Crippen molar-refractivity contribution in [3.05, 3.63) is 60.4 Å². The molecule has 0 saturated carbocycles. The summed E-state index contributed by atoms with van der Waals surface area (Å²) >= 11 is 0. The third-order valence-electron chi connectivity index (χ3n) is 10.8. The zero-order valence-electron chi connectivity index (χ0n) is 33.2. The van der Waals surface area contributed by atoms with E-state index in [1.807, 2.05) is 69.0 Å². The lowest BCUT2D eigenvalue weighted by atomic mass is 10.0. The van der Waals surface area contributed by atoms with Gasteiger partial charge in [0.1, 0.15) is 23.7 Å². The normalized spacial score (nSPS) is 18.0. The Hall–Kier alpha value is -6.06. The Kier molecular flexibility index (Phi) is 11.4. The molecule has 0 bridgehead atoms. The van der Waals surface area contributed by atoms with E-state index in [9.17, 15) is 19.2 Å². The van der Waals surface area contributed by atoms with Crippen molar-refractivity contribution in [3.63, 3.8) is 0 Å². The van der Waals surface area contributed by atoms with Gasteiger partial charge >= 0.3 is 12.2 Å². The molecule has 5 heterocycles. The number of aromatic amines is 2. The summed E-state index contributed by atoms with van der Waals surface area (Å²) in [6, 6.07) is 9.87. The molecule has 0 spiro atoms. The van der Waals surface area contributed by atoms with Gasteiger partial charge in [0.15, 0.2) is 5.82 Å². The molecule has 2 aliphatic heterocycles. The Morgan fingerprint density at radius 2 is 1.26 bits per heavy atom. The van der Waals surface area contributed by atoms with Crippen LogP contribution < -0.4 is 10.6 Å². The van der Waals surface area contributed by atoms with E-state index in [-0.39, 0.29) is 35.7 Å². The van der Waals surface area contributed by atoms with Gasteiger partial charge in [0.2, 0.25) is 11.8 Å². The van der Waals surface area contributed by atoms with E-state index >= 15 is 0 Å². The fourth-order valence-electron chi connectivity index (χ4n) is 7.92. The lowest BCUT2D eigenvalue weighted by molar-refractivity contribution is -0.136. The topological polar surface area (TPSA) is 200 Å². The monoisotopic (exact) mass is 778 g/mol. The van der Waals surface area contributed by atoms with Crippen molar-refractivity contribution in [2.75, 3.05) is 27.3 Å². The predicted octanol–water partition coefficient (Wildman–Crippen LogP) is 6.04. The first kappa shape index (κ1) is 39.2. The number of fused-ring (bicyclic) bond motifs is 2. The summed E-state index contributed by atoms with van der Waals surface area (Å²) in [5, 5.41) is 5.42. The van der Waals surface area contributed by atoms with E-state index in [1.54, 1.807) is 17.3 Å². The van der Waals surface area contributed by atoms with Gasteiger partial charge in [-0.25, -0.2) is 29.5 Å². The Labute approximate surface area is 330 Å². The molecule has 2 saturated heterocycles. The van der Waals surface area contributed by atoms with Gasteiger partial charge in [-0.1, -0.05) is 33.8 Å². The molecule has 16 heteroatoms. The van der Waals surface area contributed by atoms with Gasteiger partial charge in [0.25, 0.3) is 0 Å². The van der Waals surface area contributed by atoms with Gasteiger partial charge in [0, 0.05) is 36.6 Å². The van der Waals surface area contributed by atoms with Gasteiger partial charge in [-0.3, -0.25) is 9.59 Å². The highest BCUT2D eigenvalue weighted by Crippen LogP contribution is 2.35. The van der Waals surface area contributed by atoms with Crippen LogP contribution in [0.15, 0.2) is 48.8 Å². The first-order valence-electron chi connectivity index (χ1n) is 19.6. The fraction of sp³-hybridized carbons (Fsp3) is 0.463. The zero-order valence-corrected chi connectivity index (χ0v) is 33.2. The summed E-state index contributed by atoms with van der Waals surface area (Å²) in [6.07, 6.45) is 6.00. The van der Waals surface area contributed by atoms with Crippen LogP contribution in [0.3, 0.4) is 0 Å². The molecule has 7 rings (SSSR count). The Morgan fingerprint density at radius 1 is 0.737 bits per heavy atom. The number of hydrogen-bond donors (Lipinski definition) is 4. The third kappa shape index (κ3) is 8.25. The minimum Gasteiger partial charge on any atom is -0.453 e. The summed E-state index contributed by atoms with van der Waals surface area (Å²) in [5.41, 5.74) is 5.74. The molecule has 3 aromatic heterocycles. The number of nitrogens with zero attached hydrogens (tertiary/aromatic N) is 6. The van der Waals surface area contributed by atoms with Gasteiger partial charge in [-0.05, 0) is 79.8 Å². The van der Waals surface area contributed by atoms with Crippen molar-refractivity contribution >= 4 is 46.1 Å². The molecular weight excluding hydrogens is 729 g/mol. The third-order valence-corrected chi connectivity index (χ3v) is 10.8. The summed E-state index contributed by atoms with van der Waals surface area (Å²) in [7, 11) is 2.58. The second kappa shape index (κ2) is 16.6. The number of likely N-dealkylation sites (tertiary alicyclic amines) is 2. The van der Waals surface area contributed by atoms with E-state index in [2.05, 4.69) is 20.6 Å². The van der Waals surface area contributed by atoms with Crippen LogP contribution in [0.1, 0.15) is 83.5 Å². The number of ether oxygens (including phenoxy) is 2. The standard InChI is InChI=1S/C41H50N10O6/c1-22(2)17-31(48-40(54)56-5)38(52)50-15-7-9-32(50)36-45-28-14-12-25(19-30(28)47-36)35-42-20-26(21-43-35)24-11-13-27-29(18-24)46-37(44-27)33-10-8-16-51(33)39(53)34(23(3)4)49-41(55)57-6/h11-14,18-23,31-34H,7-10,15-17H2,1-6H3,(H,44,46)(H,45,47)(H,48,54)(H,49,55)/t31?,32-,33-,34?/m0/s1. The van der Waals surface area contributed by atoms with E-state index in [1.165, 1.54) is 14.2 Å². The number of imidazole rings is 2. The average molecular weight is 779 g/mol. The van der Waals surface area contributed by atoms with Crippen LogP contribution in [-0.4, -0.2) is 103 Å². The van der Waals surface area contributed by atoms with Crippen LogP contribution >= 0.6 is 0 Å². The number of alkyl carbamates (subject to hydrolysis) is 2. The van der Waals surface area contributed by atoms with Crippen molar-refractivity contribution < 1.29 is 28.7 Å². The minimum atomic E-state index is -0.706. The Morgan fingerprint density at radius 3 is 1.81 bits per heavy atom. The van der Waals surface area contributed by atoms with E-state index in [0.717, 1.165) is 64.4 Å². The number of amides is 4. The SMILES string of the molecule is COC(=O)NC(CC(C)C)C(=O)N1CCC[C@H]1c1nc2ccc(-c3ncc(-c4ccc5nc([C@@H]6CCCN6C(=O)C(NC(=O)OC)C(C)C)[nH]c5c4)cn3)cc2[nH]1. The number of H-pyrrole nitrogens is 2. The Bertz CT molecular complexity index is 2270. The minimum absolute atomic E-state index is 0.120. The van der Waals surface area contributed by atoms with Crippen LogP contribution in [-0.2, 0) is 19.1 Å². The highest BCUT2D eigenvalue weighted by molar-refractivity contribution is 5.88. The molecule has 300 valence electrons. The van der Waals surface area contributed by atoms with Crippen LogP contribution in [0.4, 0.5) is 9.59 Å². The van der Waals surface area contributed by atoms with Crippen molar-refractivity contribution in [2.24, 2.45) is 11.8 Å². The number of carbonyl (C=O) groups is 4. The number of rotatable bonds is 11. The molecule has 2 aromatic carbocycles. The summed E-state index contributed by atoms with van der Waals surface area (Å²) in [5.74, 6) is 1.74. The van der Waals surface area contributed by atoms with Crippen LogP contribution in [0.25, 0.3) is 44.6 Å². The molecule has 4 atom stereocenters. The number of carbonyl (C=O) groups excluding carboxylic acids is 4. The number of aromatic nitrogens is 6. The quantitative estimate of drug-likeness (QED) is 0.123. The van der Waals surface area contributed by atoms with Crippen LogP contribution in [0.5, 0.6) is 0 Å². The van der Waals surface area contributed by atoms with E-state index in [4.69, 9.17) is 29.4 Å². The molecule has 2 aliphatic rings. The molecule has 5 aromatic rings. The zero-order chi connectivity index (χ0) is 40.4. The number of nitrogens with one attached hydrogen (secondary N) is 4. The van der Waals surface area contributed by atoms with Crippen molar-refractivity contribution in [1.82, 2.24) is 50.3 Å². The molecule has 16 nitrogen and oxygen atoms in total. The Balaban J connectivity index is 1.06. The molecule has 0 radical (unpaired) electrons. The van der Waals surface area contributed by atoms with Gasteiger partial charge in [0.05, 0.1) is 48.4 Å². The number of methoxy groups -OCH3 is 2. The molecule has 0 aliphatic carbocycles. The van der Waals surface area contributed by atoms with Gasteiger partial charge in [-0.2, -0.15) is 0 Å². The molecule has 57 heavy (non-hydrogen) atoms. The maximum atomic E-state index is 13.7. The summed E-state index contributed by atoms with van der Waals surface area (Å²) < 4.78 is 9.55. The largest absolute Gasteiger partial charge is 0.453 e. The lowest BCUT2D eigenvalue weighted by Crippen LogP contribution is -2.51. The van der Waals surface area contributed by atoms with Gasteiger partial charge < -0.3 is 39.9 Å². The first-order chi connectivity index (χ1) is 27.4. The molecular formula is C41H50N10O6. The average Bonchev–Trinajstić information content (AvgIpc) is 4.03. The summed E-state index contributed by atoms with van der Waals surface area (Å²) in [6.45, 7) is 8.97. The van der Waals surface area contributed by atoms with Crippen molar-refractivity contribution in [3.8, 4) is 22.5 Å². The number of benzene rings is 2.